The fraction of sp³-hybridized carbons (Fsp3) is 0. The molecule has 0 spiro atoms. The average Bonchev–Trinajstić information content (AvgIpc) is 3.92. The van der Waals surface area contributed by atoms with Gasteiger partial charge in [-0.15, -0.1) is 0 Å². The van der Waals surface area contributed by atoms with Gasteiger partial charge in [0.25, 0.3) is 0 Å². The van der Waals surface area contributed by atoms with Gasteiger partial charge in [0.2, 0.25) is 0 Å². The van der Waals surface area contributed by atoms with Crippen molar-refractivity contribution in [2.24, 2.45) is 0 Å². The summed E-state index contributed by atoms with van der Waals surface area (Å²) < 4.78 is 6.29. The highest BCUT2D eigenvalue weighted by atomic mass is 16.3. The Morgan fingerprint density at radius 2 is 0.519 bits per heavy atom. The first-order chi connectivity index (χ1) is 38.2. The van der Waals surface area contributed by atoms with Crippen LogP contribution in [0.2, 0.25) is 0 Å². The molecule has 1 aromatic heterocycles. The number of furan rings is 1. The van der Waals surface area contributed by atoms with Gasteiger partial charge in [-0.25, -0.2) is 0 Å². The Balaban J connectivity index is 0.836. The molecule has 0 radical (unpaired) electrons. The first-order valence-electron chi connectivity index (χ1n) is 26.6. The molecule has 0 amide bonds. The van der Waals surface area contributed by atoms with Crippen LogP contribution >= 0.6 is 0 Å². The molecule has 0 N–H and O–H groups in total. The monoisotopic (exact) mass is 974 g/mol. The minimum atomic E-state index is 0.904. The van der Waals surface area contributed by atoms with E-state index in [4.69, 9.17) is 4.42 Å². The Bertz CT molecular complexity index is 4990. The summed E-state index contributed by atoms with van der Waals surface area (Å²) in [7, 11) is 0. The highest BCUT2D eigenvalue weighted by Gasteiger charge is 2.21. The Hall–Kier alpha value is -10.1. The van der Waals surface area contributed by atoms with Crippen LogP contribution in [0.4, 0.5) is 0 Å². The van der Waals surface area contributed by atoms with Gasteiger partial charge < -0.3 is 4.42 Å². The third-order valence-corrected chi connectivity index (χ3v) is 16.4. The van der Waals surface area contributed by atoms with Crippen molar-refractivity contribution < 1.29 is 4.42 Å². The molecule has 0 bridgehead atoms. The molecule has 16 aromatic rings. The van der Waals surface area contributed by atoms with Gasteiger partial charge in [-0.3, -0.25) is 0 Å². The quantitative estimate of drug-likeness (QED) is 0.151. The number of para-hydroxylation sites is 1. The van der Waals surface area contributed by atoms with E-state index in [0.29, 0.717) is 0 Å². The van der Waals surface area contributed by atoms with E-state index < -0.39 is 0 Å². The van der Waals surface area contributed by atoms with Gasteiger partial charge in [-0.05, 0) is 179 Å². The Morgan fingerprint density at radius 3 is 1.08 bits per heavy atom. The first kappa shape index (κ1) is 43.3. The largest absolute Gasteiger partial charge is 0.456 e. The van der Waals surface area contributed by atoms with Crippen LogP contribution in [0.5, 0.6) is 0 Å². The van der Waals surface area contributed by atoms with E-state index in [1.54, 1.807) is 0 Å². The number of hydrogen-bond acceptors (Lipinski definition) is 1. The second-order valence-corrected chi connectivity index (χ2v) is 20.6. The highest BCUT2D eigenvalue weighted by Crippen LogP contribution is 2.49. The van der Waals surface area contributed by atoms with Gasteiger partial charge >= 0.3 is 0 Å². The lowest BCUT2D eigenvalue weighted by atomic mass is 9.84. The fourth-order valence-corrected chi connectivity index (χ4v) is 13.0. The van der Waals surface area contributed by atoms with Crippen LogP contribution in [0.3, 0.4) is 0 Å². The SMILES string of the molecule is c1cc(-c2cccc3ccc(-c4ccc5cccc(-c6c7ccccc7c(-c7ccc8oc9ccccc9c8c7)c7ccccc67)c5c4)cc23)cc(-c2c3ccccc3c(-c3cccc4ccccc34)c3ccccc23)c1. The molecule has 16 rings (SSSR count). The van der Waals surface area contributed by atoms with Crippen LogP contribution in [0.15, 0.2) is 283 Å². The van der Waals surface area contributed by atoms with Crippen molar-refractivity contribution in [3.8, 4) is 66.8 Å². The molecule has 0 fully saturated rings. The van der Waals surface area contributed by atoms with Crippen molar-refractivity contribution in [2.45, 2.75) is 0 Å². The van der Waals surface area contributed by atoms with Crippen LogP contribution < -0.4 is 0 Å². The fourth-order valence-electron chi connectivity index (χ4n) is 13.0. The maximum Gasteiger partial charge on any atom is 0.135 e. The molecule has 15 aromatic carbocycles. The second-order valence-electron chi connectivity index (χ2n) is 20.6. The van der Waals surface area contributed by atoms with Crippen LogP contribution in [0, 0.1) is 0 Å². The van der Waals surface area contributed by atoms with E-state index in [-0.39, 0.29) is 0 Å². The molecule has 0 saturated carbocycles. The zero-order valence-corrected chi connectivity index (χ0v) is 42.0. The van der Waals surface area contributed by atoms with E-state index in [1.807, 2.05) is 6.07 Å². The predicted octanol–water partition coefficient (Wildman–Crippen LogP) is 21.7. The van der Waals surface area contributed by atoms with Gasteiger partial charge in [-0.1, -0.05) is 243 Å². The van der Waals surface area contributed by atoms with Crippen LogP contribution in [0.1, 0.15) is 0 Å². The van der Waals surface area contributed by atoms with Crippen molar-refractivity contribution in [1.82, 2.24) is 0 Å². The zero-order valence-electron chi connectivity index (χ0n) is 42.0. The summed E-state index contributed by atoms with van der Waals surface area (Å²) in [6.07, 6.45) is 0. The molecule has 0 aliphatic carbocycles. The minimum Gasteiger partial charge on any atom is -0.456 e. The third kappa shape index (κ3) is 6.81. The molecule has 0 unspecified atom stereocenters. The van der Waals surface area contributed by atoms with E-state index in [9.17, 15) is 0 Å². The van der Waals surface area contributed by atoms with Crippen molar-refractivity contribution in [2.75, 3.05) is 0 Å². The predicted molar refractivity (Wildman–Crippen MR) is 329 cm³/mol. The minimum absolute atomic E-state index is 0.904. The summed E-state index contributed by atoms with van der Waals surface area (Å²) in [5, 5.41) is 19.6. The van der Waals surface area contributed by atoms with Crippen molar-refractivity contribution in [3.63, 3.8) is 0 Å². The Kier molecular flexibility index (Phi) is 9.71. The molecular formula is C76H46O. The molecule has 1 heteroatoms. The van der Waals surface area contributed by atoms with E-state index in [2.05, 4.69) is 273 Å². The zero-order chi connectivity index (χ0) is 50.6. The van der Waals surface area contributed by atoms with Crippen LogP contribution in [-0.4, -0.2) is 0 Å². The smallest absolute Gasteiger partial charge is 0.135 e. The molecular weight excluding hydrogens is 929 g/mol. The first-order valence-corrected chi connectivity index (χ1v) is 26.6. The normalized spacial score (nSPS) is 11.9. The third-order valence-electron chi connectivity index (χ3n) is 16.4. The van der Waals surface area contributed by atoms with Crippen LogP contribution in [-0.2, 0) is 0 Å². The number of fused-ring (bicyclic) bond motifs is 10. The van der Waals surface area contributed by atoms with Crippen LogP contribution in [0.25, 0.3) is 164 Å². The molecule has 0 atom stereocenters. The number of benzene rings is 15. The Labute approximate surface area is 445 Å². The molecule has 0 aliphatic rings. The lowest BCUT2D eigenvalue weighted by molar-refractivity contribution is 0.669. The van der Waals surface area contributed by atoms with Gasteiger partial charge in [0.1, 0.15) is 11.2 Å². The molecule has 356 valence electrons. The maximum absolute atomic E-state index is 6.29. The highest BCUT2D eigenvalue weighted by molar-refractivity contribution is 6.26. The van der Waals surface area contributed by atoms with E-state index in [1.165, 1.54) is 142 Å². The van der Waals surface area contributed by atoms with Gasteiger partial charge in [0.15, 0.2) is 0 Å². The molecule has 1 heterocycles. The molecule has 0 aliphatic heterocycles. The van der Waals surface area contributed by atoms with E-state index in [0.717, 1.165) is 21.9 Å². The van der Waals surface area contributed by atoms with Gasteiger partial charge in [-0.2, -0.15) is 0 Å². The summed E-state index contributed by atoms with van der Waals surface area (Å²) in [6.45, 7) is 0. The van der Waals surface area contributed by atoms with E-state index >= 15 is 0 Å². The molecule has 0 saturated heterocycles. The number of hydrogen-bond donors (Lipinski definition) is 0. The maximum atomic E-state index is 6.29. The van der Waals surface area contributed by atoms with Gasteiger partial charge in [0, 0.05) is 10.8 Å². The number of rotatable bonds is 6. The Morgan fingerprint density at radius 1 is 0.169 bits per heavy atom. The lowest BCUT2D eigenvalue weighted by Gasteiger charge is -2.19. The molecule has 77 heavy (non-hydrogen) atoms. The standard InChI is InChI=1S/C76H46O/c1-2-23-55-47(17-1)18-15-34-58(55)75-63-29-7-3-25-59(63)73(60-26-4-8-30-64(60)75)53-22-13-21-52(43-53)56-33-14-19-48-37-39-50(44-68(48)56)51-40-38-49-20-16-35-67(69(49)45-51)76-65-31-9-5-27-61(65)74(62-28-6-10-32-66(62)76)54-41-42-72-70(46-54)57-24-11-12-36-71(57)77-72/h1-46H. The lowest BCUT2D eigenvalue weighted by Crippen LogP contribution is -1.92. The molecule has 1 nitrogen and oxygen atoms in total. The summed E-state index contributed by atoms with van der Waals surface area (Å²) in [6, 6.07) is 103. The van der Waals surface area contributed by atoms with Crippen molar-refractivity contribution in [1.29, 1.82) is 0 Å². The summed E-state index contributed by atoms with van der Waals surface area (Å²) in [4.78, 5) is 0. The van der Waals surface area contributed by atoms with Gasteiger partial charge in [0.05, 0.1) is 0 Å². The summed E-state index contributed by atoms with van der Waals surface area (Å²) >= 11 is 0. The van der Waals surface area contributed by atoms with Crippen molar-refractivity contribution in [3.05, 3.63) is 279 Å². The summed E-state index contributed by atoms with van der Waals surface area (Å²) in [5.41, 5.74) is 16.5. The second kappa shape index (κ2) is 17.2. The average molecular weight is 975 g/mol. The topological polar surface area (TPSA) is 13.1 Å². The summed E-state index contributed by atoms with van der Waals surface area (Å²) in [5.74, 6) is 0. The van der Waals surface area contributed by atoms with Crippen molar-refractivity contribution >= 4 is 97.3 Å².